The van der Waals surface area contributed by atoms with Crippen molar-refractivity contribution in [2.75, 3.05) is 0 Å². The molecule has 0 aliphatic rings. The minimum absolute atomic E-state index is 0.216. The lowest BCUT2D eigenvalue weighted by Crippen LogP contribution is -2.22. The van der Waals surface area contributed by atoms with Crippen LogP contribution in [-0.2, 0) is 6.54 Å². The molecule has 2 aromatic rings. The van der Waals surface area contributed by atoms with Crippen molar-refractivity contribution in [1.29, 1.82) is 0 Å². The van der Waals surface area contributed by atoms with Crippen molar-refractivity contribution in [3.05, 3.63) is 53.7 Å². The number of aromatic nitrogens is 1. The van der Waals surface area contributed by atoms with Crippen molar-refractivity contribution in [2.24, 2.45) is 0 Å². The molecule has 3 nitrogen and oxygen atoms in total. The summed E-state index contributed by atoms with van der Waals surface area (Å²) in [5, 5.41) is 3.25. The van der Waals surface area contributed by atoms with E-state index in [1.54, 1.807) is 12.3 Å². The topological polar surface area (TPSA) is 34.2 Å². The first kappa shape index (κ1) is 14.4. The van der Waals surface area contributed by atoms with Crippen molar-refractivity contribution in [3.8, 4) is 11.6 Å². The molecular formula is C15H16F2N2O. The Balaban J connectivity index is 2.17. The van der Waals surface area contributed by atoms with E-state index in [4.69, 9.17) is 4.74 Å². The van der Waals surface area contributed by atoms with Crippen LogP contribution in [0.3, 0.4) is 0 Å². The third kappa shape index (κ3) is 3.74. The number of benzene rings is 1. The van der Waals surface area contributed by atoms with Gasteiger partial charge in [-0.3, -0.25) is 0 Å². The van der Waals surface area contributed by atoms with Gasteiger partial charge in [0.05, 0.1) is 0 Å². The summed E-state index contributed by atoms with van der Waals surface area (Å²) >= 11 is 0. The van der Waals surface area contributed by atoms with E-state index in [0.717, 1.165) is 17.7 Å². The Morgan fingerprint density at radius 2 is 2.00 bits per heavy atom. The molecule has 5 heteroatoms. The molecule has 2 rings (SSSR count). The maximum Gasteiger partial charge on any atom is 0.223 e. The minimum atomic E-state index is -0.944. The molecule has 0 saturated heterocycles. The van der Waals surface area contributed by atoms with Crippen molar-refractivity contribution in [1.82, 2.24) is 10.3 Å². The summed E-state index contributed by atoms with van der Waals surface area (Å²) in [7, 11) is 0. The Morgan fingerprint density at radius 1 is 1.20 bits per heavy atom. The largest absolute Gasteiger partial charge is 0.439 e. The summed E-state index contributed by atoms with van der Waals surface area (Å²) in [4.78, 5) is 4.13. The van der Waals surface area contributed by atoms with Crippen LogP contribution in [0.5, 0.6) is 11.6 Å². The summed E-state index contributed by atoms with van der Waals surface area (Å²) in [5.74, 6) is -1.25. The predicted octanol–water partition coefficient (Wildman–Crippen LogP) is 3.65. The van der Waals surface area contributed by atoms with Gasteiger partial charge in [-0.2, -0.15) is 0 Å². The molecule has 1 aromatic heterocycles. The van der Waals surface area contributed by atoms with Crippen LogP contribution in [0.1, 0.15) is 19.4 Å². The number of rotatable bonds is 5. The van der Waals surface area contributed by atoms with E-state index in [1.165, 1.54) is 6.07 Å². The molecular weight excluding hydrogens is 262 g/mol. The third-order valence-electron chi connectivity index (χ3n) is 2.66. The van der Waals surface area contributed by atoms with E-state index in [0.29, 0.717) is 18.5 Å². The van der Waals surface area contributed by atoms with Gasteiger partial charge in [-0.25, -0.2) is 13.8 Å². The first-order chi connectivity index (χ1) is 9.56. The Labute approximate surface area is 116 Å². The fraction of sp³-hybridized carbons (Fsp3) is 0.267. The highest BCUT2D eigenvalue weighted by atomic mass is 19.2. The third-order valence-corrected chi connectivity index (χ3v) is 2.66. The SMILES string of the molecule is CC(C)NCc1cccnc1Oc1ccc(F)c(F)c1. The summed E-state index contributed by atoms with van der Waals surface area (Å²) < 4.78 is 31.5. The summed E-state index contributed by atoms with van der Waals surface area (Å²) in [6, 6.07) is 7.40. The molecule has 0 bridgehead atoms. The second kappa shape index (κ2) is 6.43. The molecule has 0 atom stereocenters. The standard InChI is InChI=1S/C15H16F2N2O/c1-10(2)19-9-11-4-3-7-18-15(11)20-12-5-6-13(16)14(17)8-12/h3-8,10,19H,9H2,1-2H3. The van der Waals surface area contributed by atoms with Gasteiger partial charge in [0.2, 0.25) is 5.88 Å². The maximum atomic E-state index is 13.1. The molecule has 0 amide bonds. The van der Waals surface area contributed by atoms with Crippen LogP contribution in [-0.4, -0.2) is 11.0 Å². The quantitative estimate of drug-likeness (QED) is 0.906. The Bertz CT molecular complexity index is 588. The molecule has 20 heavy (non-hydrogen) atoms. The monoisotopic (exact) mass is 278 g/mol. The van der Waals surface area contributed by atoms with Crippen LogP contribution in [0.2, 0.25) is 0 Å². The van der Waals surface area contributed by atoms with Crippen LogP contribution in [0, 0.1) is 11.6 Å². The zero-order valence-electron chi connectivity index (χ0n) is 11.4. The molecule has 106 valence electrons. The molecule has 1 N–H and O–H groups in total. The van der Waals surface area contributed by atoms with Gasteiger partial charge in [0, 0.05) is 30.4 Å². The summed E-state index contributed by atoms with van der Waals surface area (Å²) in [5.41, 5.74) is 0.853. The molecule has 0 unspecified atom stereocenters. The summed E-state index contributed by atoms with van der Waals surface area (Å²) in [6.07, 6.45) is 1.59. The fourth-order valence-corrected chi connectivity index (χ4v) is 1.62. The molecule has 1 aromatic carbocycles. The first-order valence-electron chi connectivity index (χ1n) is 6.36. The number of ether oxygens (including phenoxy) is 1. The zero-order chi connectivity index (χ0) is 14.5. The van der Waals surface area contributed by atoms with E-state index < -0.39 is 11.6 Å². The molecule has 0 spiro atoms. The molecule has 0 saturated carbocycles. The molecule has 1 heterocycles. The van der Waals surface area contributed by atoms with Gasteiger partial charge in [-0.1, -0.05) is 19.9 Å². The number of hydrogen-bond donors (Lipinski definition) is 1. The predicted molar refractivity (Wildman–Crippen MR) is 72.6 cm³/mol. The van der Waals surface area contributed by atoms with Crippen LogP contribution in [0.25, 0.3) is 0 Å². The Hall–Kier alpha value is -2.01. The number of nitrogens with zero attached hydrogens (tertiary/aromatic N) is 1. The van der Waals surface area contributed by atoms with Gasteiger partial charge in [0.25, 0.3) is 0 Å². The molecule has 0 aliphatic carbocycles. The van der Waals surface area contributed by atoms with Crippen molar-refractivity contribution in [2.45, 2.75) is 26.4 Å². The molecule has 0 radical (unpaired) electrons. The smallest absolute Gasteiger partial charge is 0.223 e. The number of nitrogens with one attached hydrogen (secondary N) is 1. The maximum absolute atomic E-state index is 13.1. The highest BCUT2D eigenvalue weighted by Gasteiger charge is 2.09. The first-order valence-corrected chi connectivity index (χ1v) is 6.36. The number of hydrogen-bond acceptors (Lipinski definition) is 3. The highest BCUT2D eigenvalue weighted by molar-refractivity contribution is 5.32. The fourth-order valence-electron chi connectivity index (χ4n) is 1.62. The zero-order valence-corrected chi connectivity index (χ0v) is 11.4. The van der Waals surface area contributed by atoms with Crippen LogP contribution in [0.4, 0.5) is 8.78 Å². The van der Waals surface area contributed by atoms with E-state index >= 15 is 0 Å². The van der Waals surface area contributed by atoms with Gasteiger partial charge in [-0.15, -0.1) is 0 Å². The second-order valence-electron chi connectivity index (χ2n) is 4.68. The molecule has 0 aliphatic heterocycles. The van der Waals surface area contributed by atoms with Crippen LogP contribution in [0.15, 0.2) is 36.5 Å². The lowest BCUT2D eigenvalue weighted by Gasteiger charge is -2.12. The van der Waals surface area contributed by atoms with E-state index in [9.17, 15) is 8.78 Å². The van der Waals surface area contributed by atoms with E-state index in [2.05, 4.69) is 10.3 Å². The Kier molecular flexibility index (Phi) is 4.63. The highest BCUT2D eigenvalue weighted by Crippen LogP contribution is 2.24. The number of pyridine rings is 1. The van der Waals surface area contributed by atoms with Crippen LogP contribution < -0.4 is 10.1 Å². The normalized spacial score (nSPS) is 10.8. The van der Waals surface area contributed by atoms with Crippen molar-refractivity contribution >= 4 is 0 Å². The van der Waals surface area contributed by atoms with Crippen LogP contribution >= 0.6 is 0 Å². The van der Waals surface area contributed by atoms with E-state index in [-0.39, 0.29) is 5.75 Å². The van der Waals surface area contributed by atoms with Gasteiger partial charge in [0.15, 0.2) is 11.6 Å². The van der Waals surface area contributed by atoms with E-state index in [1.807, 2.05) is 19.9 Å². The average Bonchev–Trinajstić information content (AvgIpc) is 2.42. The van der Waals surface area contributed by atoms with Gasteiger partial charge in [0.1, 0.15) is 5.75 Å². The molecule has 0 fully saturated rings. The second-order valence-corrected chi connectivity index (χ2v) is 4.68. The Morgan fingerprint density at radius 3 is 2.70 bits per heavy atom. The van der Waals surface area contributed by atoms with Gasteiger partial charge >= 0.3 is 0 Å². The average molecular weight is 278 g/mol. The number of halogens is 2. The van der Waals surface area contributed by atoms with Crippen molar-refractivity contribution < 1.29 is 13.5 Å². The van der Waals surface area contributed by atoms with Gasteiger partial charge in [-0.05, 0) is 18.2 Å². The minimum Gasteiger partial charge on any atom is -0.439 e. The van der Waals surface area contributed by atoms with Crippen molar-refractivity contribution in [3.63, 3.8) is 0 Å². The van der Waals surface area contributed by atoms with Gasteiger partial charge < -0.3 is 10.1 Å². The lowest BCUT2D eigenvalue weighted by atomic mass is 10.2. The summed E-state index contributed by atoms with van der Waals surface area (Å²) in [6.45, 7) is 4.66. The lowest BCUT2D eigenvalue weighted by molar-refractivity contribution is 0.438.